The molecule has 2 atom stereocenters. The zero-order valence-corrected chi connectivity index (χ0v) is 23.5. The van der Waals surface area contributed by atoms with Gasteiger partial charge in [0, 0.05) is 11.3 Å². The number of carbonyl (C=O) groups excluding carboxylic acids is 3. The first kappa shape index (κ1) is 30.0. The van der Waals surface area contributed by atoms with E-state index in [0.29, 0.717) is 5.69 Å². The molecule has 0 spiro atoms. The van der Waals surface area contributed by atoms with Crippen LogP contribution in [0.2, 0.25) is 0 Å². The van der Waals surface area contributed by atoms with Crippen LogP contribution in [-0.4, -0.2) is 46.1 Å². The van der Waals surface area contributed by atoms with Crippen molar-refractivity contribution in [2.24, 2.45) is 5.92 Å². The van der Waals surface area contributed by atoms with Crippen molar-refractivity contribution >= 4 is 34.4 Å². The third kappa shape index (κ3) is 7.96. The summed E-state index contributed by atoms with van der Waals surface area (Å²) >= 11 is 0. The van der Waals surface area contributed by atoms with Gasteiger partial charge in [0.15, 0.2) is 0 Å². The zero-order valence-electron chi connectivity index (χ0n) is 23.5. The van der Waals surface area contributed by atoms with Crippen LogP contribution in [0.5, 0.6) is 5.75 Å². The molecule has 0 heterocycles. The summed E-state index contributed by atoms with van der Waals surface area (Å²) in [6, 6.07) is 18.7. The van der Waals surface area contributed by atoms with E-state index in [1.54, 1.807) is 45.0 Å². The number of nitriles is 1. The second kappa shape index (κ2) is 13.0. The number of nitrogens with zero attached hydrogens (tertiary/aromatic N) is 2. The fourth-order valence-electron chi connectivity index (χ4n) is 4.36. The predicted octanol–water partition coefficient (Wildman–Crippen LogP) is 5.52. The third-order valence-electron chi connectivity index (χ3n) is 6.03. The van der Waals surface area contributed by atoms with Crippen molar-refractivity contribution in [2.75, 3.05) is 11.9 Å². The van der Waals surface area contributed by atoms with Gasteiger partial charge in [-0.05, 0) is 62.1 Å². The summed E-state index contributed by atoms with van der Waals surface area (Å²) in [6.45, 7) is 8.43. The lowest BCUT2D eigenvalue weighted by Gasteiger charge is -2.33. The van der Waals surface area contributed by atoms with Gasteiger partial charge in [-0.2, -0.15) is 5.26 Å². The van der Waals surface area contributed by atoms with Crippen LogP contribution in [0.1, 0.15) is 52.6 Å². The van der Waals surface area contributed by atoms with E-state index in [9.17, 15) is 24.8 Å². The summed E-state index contributed by atoms with van der Waals surface area (Å²) in [6.07, 6.45) is -0.553. The van der Waals surface area contributed by atoms with Gasteiger partial charge >= 0.3 is 6.09 Å². The molecular formula is C31H36N4O5. The van der Waals surface area contributed by atoms with Crippen molar-refractivity contribution in [2.45, 2.75) is 58.7 Å². The van der Waals surface area contributed by atoms with Gasteiger partial charge in [-0.25, -0.2) is 4.79 Å². The number of phenolic OH excluding ortho intramolecular Hbond substituents is 1. The van der Waals surface area contributed by atoms with Gasteiger partial charge in [-0.15, -0.1) is 0 Å². The van der Waals surface area contributed by atoms with Crippen molar-refractivity contribution in [3.63, 3.8) is 0 Å². The lowest BCUT2D eigenvalue weighted by Crippen LogP contribution is -2.53. The topological polar surface area (TPSA) is 132 Å². The van der Waals surface area contributed by atoms with Crippen LogP contribution in [0.3, 0.4) is 0 Å². The normalized spacial score (nSPS) is 12.7. The highest BCUT2D eigenvalue weighted by molar-refractivity contribution is 6.00. The Balaban J connectivity index is 2.02. The molecule has 40 heavy (non-hydrogen) atoms. The number of rotatable bonds is 9. The van der Waals surface area contributed by atoms with Gasteiger partial charge in [0.2, 0.25) is 5.91 Å². The molecule has 0 aliphatic heterocycles. The number of ether oxygens (including phenoxy) is 1. The number of fused-ring (bicyclic) bond motifs is 1. The number of benzene rings is 3. The highest BCUT2D eigenvalue weighted by Crippen LogP contribution is 2.31. The molecule has 0 aliphatic carbocycles. The number of carbonyl (C=O) groups is 3. The Kier molecular flexibility index (Phi) is 9.73. The molecule has 210 valence electrons. The smallest absolute Gasteiger partial charge is 0.408 e. The fraction of sp³-hybridized carbons (Fsp3) is 0.355. The number of para-hydroxylation sites is 1. The molecule has 3 amide bonds. The van der Waals surface area contributed by atoms with Gasteiger partial charge < -0.3 is 25.4 Å². The van der Waals surface area contributed by atoms with E-state index in [4.69, 9.17) is 4.74 Å². The maximum atomic E-state index is 14.0. The molecule has 9 nitrogen and oxygen atoms in total. The maximum Gasteiger partial charge on any atom is 0.408 e. The third-order valence-corrected chi connectivity index (χ3v) is 6.03. The van der Waals surface area contributed by atoms with E-state index in [1.165, 1.54) is 12.1 Å². The fourth-order valence-corrected chi connectivity index (χ4v) is 4.36. The molecule has 0 bridgehead atoms. The average Bonchev–Trinajstić information content (AvgIpc) is 2.87. The SMILES string of the molecule is CC(C)CC(NC(=O)OC(C)(C)C)C(=O)N(CC#N)C(C(=O)Nc1ccc2ccccc2c1)c1ccccc1O. The molecule has 0 saturated heterocycles. The van der Waals surface area contributed by atoms with E-state index < -0.39 is 42.1 Å². The molecule has 9 heteroatoms. The summed E-state index contributed by atoms with van der Waals surface area (Å²) in [7, 11) is 0. The second-order valence-electron chi connectivity index (χ2n) is 11.0. The number of alkyl carbamates (subject to hydrolysis) is 1. The first-order valence-electron chi connectivity index (χ1n) is 13.1. The van der Waals surface area contributed by atoms with Crippen LogP contribution in [0, 0.1) is 17.2 Å². The number of amides is 3. The number of nitrogens with one attached hydrogen (secondary N) is 2. The largest absolute Gasteiger partial charge is 0.508 e. The Morgan fingerprint density at radius 2 is 1.65 bits per heavy atom. The standard InChI is InChI=1S/C31H36N4O5/c1-20(2)18-25(34-30(39)40-31(3,4)5)29(38)35(17-16-32)27(24-12-8-9-13-26(24)36)28(37)33-23-15-14-21-10-6-7-11-22(21)19-23/h6-15,19-20,25,27,36H,17-18H2,1-5H3,(H,33,37)(H,34,39). The Labute approximate surface area is 234 Å². The van der Waals surface area contributed by atoms with Gasteiger partial charge in [0.05, 0.1) is 6.07 Å². The van der Waals surface area contributed by atoms with Crippen molar-refractivity contribution in [3.05, 3.63) is 72.3 Å². The minimum atomic E-state index is -1.37. The Morgan fingerprint density at radius 1 is 1.00 bits per heavy atom. The minimum Gasteiger partial charge on any atom is -0.508 e. The summed E-state index contributed by atoms with van der Waals surface area (Å²) in [5, 5.41) is 27.7. The Bertz CT molecular complexity index is 1410. The summed E-state index contributed by atoms with van der Waals surface area (Å²) in [4.78, 5) is 41.5. The molecular weight excluding hydrogens is 508 g/mol. The van der Waals surface area contributed by atoms with Crippen LogP contribution in [0.4, 0.5) is 10.5 Å². The summed E-state index contributed by atoms with van der Waals surface area (Å²) < 4.78 is 5.36. The molecule has 3 aromatic rings. The maximum absolute atomic E-state index is 14.0. The monoisotopic (exact) mass is 544 g/mol. The van der Waals surface area contributed by atoms with E-state index in [2.05, 4.69) is 10.6 Å². The second-order valence-corrected chi connectivity index (χ2v) is 11.0. The molecule has 0 aliphatic rings. The minimum absolute atomic E-state index is 0.0113. The number of anilines is 1. The lowest BCUT2D eigenvalue weighted by atomic mass is 9.98. The molecule has 0 saturated carbocycles. The van der Waals surface area contributed by atoms with E-state index in [1.807, 2.05) is 50.2 Å². The molecule has 0 fully saturated rings. The zero-order chi connectivity index (χ0) is 29.4. The molecule has 3 rings (SSSR count). The van der Waals surface area contributed by atoms with Crippen molar-refractivity contribution in [1.82, 2.24) is 10.2 Å². The van der Waals surface area contributed by atoms with Gasteiger partial charge in [0.25, 0.3) is 5.91 Å². The van der Waals surface area contributed by atoms with Crippen LogP contribution in [0.15, 0.2) is 66.7 Å². The van der Waals surface area contributed by atoms with Crippen LogP contribution >= 0.6 is 0 Å². The van der Waals surface area contributed by atoms with Crippen molar-refractivity contribution < 1.29 is 24.2 Å². The predicted molar refractivity (Wildman–Crippen MR) is 153 cm³/mol. The van der Waals surface area contributed by atoms with Crippen molar-refractivity contribution in [3.8, 4) is 11.8 Å². The van der Waals surface area contributed by atoms with Crippen LogP contribution in [-0.2, 0) is 14.3 Å². The number of phenols is 1. The Morgan fingerprint density at radius 3 is 2.27 bits per heavy atom. The highest BCUT2D eigenvalue weighted by atomic mass is 16.6. The Hall–Kier alpha value is -4.58. The molecule has 0 aromatic heterocycles. The summed E-state index contributed by atoms with van der Waals surface area (Å²) in [5.41, 5.74) is -0.163. The summed E-state index contributed by atoms with van der Waals surface area (Å²) in [5.74, 6) is -1.50. The average molecular weight is 545 g/mol. The van der Waals surface area contributed by atoms with Gasteiger partial charge in [-0.3, -0.25) is 9.59 Å². The van der Waals surface area contributed by atoms with Crippen LogP contribution < -0.4 is 10.6 Å². The van der Waals surface area contributed by atoms with Gasteiger partial charge in [-0.1, -0.05) is 62.4 Å². The van der Waals surface area contributed by atoms with E-state index >= 15 is 0 Å². The molecule has 3 N–H and O–H groups in total. The molecule has 2 unspecified atom stereocenters. The highest BCUT2D eigenvalue weighted by Gasteiger charge is 2.37. The molecule has 3 aromatic carbocycles. The van der Waals surface area contributed by atoms with Gasteiger partial charge in [0.1, 0.15) is 30.0 Å². The number of hydrogen-bond donors (Lipinski definition) is 3. The first-order valence-corrected chi connectivity index (χ1v) is 13.1. The first-order chi connectivity index (χ1) is 18.9. The van der Waals surface area contributed by atoms with E-state index in [0.717, 1.165) is 15.7 Å². The van der Waals surface area contributed by atoms with Crippen molar-refractivity contribution in [1.29, 1.82) is 5.26 Å². The number of hydrogen-bond acceptors (Lipinski definition) is 6. The van der Waals surface area contributed by atoms with E-state index in [-0.39, 0.29) is 23.7 Å². The number of aromatic hydroxyl groups is 1. The quantitative estimate of drug-likeness (QED) is 0.304. The van der Waals surface area contributed by atoms with Crippen LogP contribution in [0.25, 0.3) is 10.8 Å². The molecule has 0 radical (unpaired) electrons. The lowest BCUT2D eigenvalue weighted by molar-refractivity contribution is -0.140.